The molecule has 5 heteroatoms. The lowest BCUT2D eigenvalue weighted by Crippen LogP contribution is -2.43. The number of hydrogen-bond acceptors (Lipinski definition) is 3. The van der Waals surface area contributed by atoms with Gasteiger partial charge in [-0.15, -0.1) is 0 Å². The number of carbonyl (C=O) groups excluding carboxylic acids is 2. The van der Waals surface area contributed by atoms with E-state index in [1.807, 2.05) is 18.2 Å². The van der Waals surface area contributed by atoms with E-state index in [2.05, 4.69) is 17.1 Å². The number of likely N-dealkylation sites (tertiary alicyclic amines) is 1. The Morgan fingerprint density at radius 3 is 2.74 bits per heavy atom. The van der Waals surface area contributed by atoms with Crippen LogP contribution in [-0.4, -0.2) is 61.4 Å². The Bertz CT molecular complexity index is 518. The monoisotopic (exact) mass is 317 g/mol. The van der Waals surface area contributed by atoms with Crippen LogP contribution in [0.4, 0.5) is 0 Å². The molecule has 2 amide bonds. The molecular formula is C18H27N3O2. The molecule has 0 radical (unpaired) electrons. The van der Waals surface area contributed by atoms with E-state index in [4.69, 9.17) is 0 Å². The van der Waals surface area contributed by atoms with Crippen molar-refractivity contribution in [3.05, 3.63) is 35.9 Å². The maximum Gasteiger partial charge on any atom is 0.254 e. The molecule has 1 fully saturated rings. The molecule has 2 rings (SSSR count). The van der Waals surface area contributed by atoms with Crippen LogP contribution in [0.5, 0.6) is 0 Å². The van der Waals surface area contributed by atoms with Crippen molar-refractivity contribution in [1.29, 1.82) is 0 Å². The Kier molecular flexibility index (Phi) is 6.59. The van der Waals surface area contributed by atoms with Crippen molar-refractivity contribution in [3.8, 4) is 0 Å². The van der Waals surface area contributed by atoms with Crippen LogP contribution in [0.3, 0.4) is 0 Å². The molecule has 0 aromatic heterocycles. The number of hydrogen-bond donors (Lipinski definition) is 1. The Hall–Kier alpha value is -1.88. The minimum Gasteiger partial charge on any atom is -0.353 e. The molecule has 0 bridgehead atoms. The van der Waals surface area contributed by atoms with Crippen LogP contribution < -0.4 is 5.32 Å². The summed E-state index contributed by atoms with van der Waals surface area (Å²) in [4.78, 5) is 28.0. The molecule has 1 heterocycles. The van der Waals surface area contributed by atoms with E-state index in [9.17, 15) is 9.59 Å². The SMILES string of the molecule is CC1CCCN(CCNC(=O)CN(C)C(=O)c2ccccc2)C1. The number of piperidine rings is 1. The summed E-state index contributed by atoms with van der Waals surface area (Å²) >= 11 is 0. The van der Waals surface area contributed by atoms with Crippen LogP contribution in [0.2, 0.25) is 0 Å². The predicted molar refractivity (Wildman–Crippen MR) is 91.3 cm³/mol. The van der Waals surface area contributed by atoms with Crippen molar-refractivity contribution in [2.45, 2.75) is 19.8 Å². The number of amides is 2. The summed E-state index contributed by atoms with van der Waals surface area (Å²) in [6.07, 6.45) is 2.54. The van der Waals surface area contributed by atoms with Crippen molar-refractivity contribution >= 4 is 11.8 Å². The van der Waals surface area contributed by atoms with E-state index in [0.29, 0.717) is 12.1 Å². The third-order valence-electron chi connectivity index (χ3n) is 4.24. The van der Waals surface area contributed by atoms with Crippen LogP contribution in [0.1, 0.15) is 30.1 Å². The van der Waals surface area contributed by atoms with Crippen LogP contribution >= 0.6 is 0 Å². The van der Waals surface area contributed by atoms with E-state index >= 15 is 0 Å². The highest BCUT2D eigenvalue weighted by atomic mass is 16.2. The minimum atomic E-state index is -0.134. The second-order valence-electron chi connectivity index (χ2n) is 6.43. The topological polar surface area (TPSA) is 52.7 Å². The Balaban J connectivity index is 1.69. The summed E-state index contributed by atoms with van der Waals surface area (Å²) in [6, 6.07) is 9.02. The average molecular weight is 317 g/mol. The van der Waals surface area contributed by atoms with Crippen LogP contribution in [0.15, 0.2) is 30.3 Å². The quantitative estimate of drug-likeness (QED) is 0.867. The first kappa shape index (κ1) is 17.5. The van der Waals surface area contributed by atoms with Gasteiger partial charge >= 0.3 is 0 Å². The Labute approximate surface area is 138 Å². The summed E-state index contributed by atoms with van der Waals surface area (Å²) in [5.74, 6) is 0.501. The standard InChI is InChI=1S/C18H27N3O2/c1-15-7-6-11-21(13-15)12-10-19-17(22)14-20(2)18(23)16-8-4-3-5-9-16/h3-5,8-9,15H,6-7,10-14H2,1-2H3,(H,19,22). The van der Waals surface area contributed by atoms with E-state index in [1.54, 1.807) is 19.2 Å². The summed E-state index contributed by atoms with van der Waals surface area (Å²) in [6.45, 7) is 6.11. The number of likely N-dealkylation sites (N-methyl/N-ethyl adjacent to an activating group) is 1. The van der Waals surface area contributed by atoms with Crippen LogP contribution in [-0.2, 0) is 4.79 Å². The lowest BCUT2D eigenvalue weighted by Gasteiger charge is -2.30. The first-order chi connectivity index (χ1) is 11.1. The first-order valence-corrected chi connectivity index (χ1v) is 8.36. The van der Waals surface area contributed by atoms with Crippen LogP contribution in [0, 0.1) is 5.92 Å². The van der Waals surface area contributed by atoms with E-state index in [0.717, 1.165) is 25.6 Å². The molecule has 1 aromatic rings. The third-order valence-corrected chi connectivity index (χ3v) is 4.24. The molecule has 1 aliphatic heterocycles. The Morgan fingerprint density at radius 2 is 2.04 bits per heavy atom. The second-order valence-corrected chi connectivity index (χ2v) is 6.43. The van der Waals surface area contributed by atoms with E-state index < -0.39 is 0 Å². The van der Waals surface area contributed by atoms with Crippen molar-refractivity contribution in [1.82, 2.24) is 15.1 Å². The van der Waals surface area contributed by atoms with Gasteiger partial charge in [0, 0.05) is 32.2 Å². The molecule has 1 aromatic carbocycles. The maximum absolute atomic E-state index is 12.2. The number of rotatable bonds is 6. The summed E-state index contributed by atoms with van der Waals surface area (Å²) in [5, 5.41) is 2.91. The van der Waals surface area contributed by atoms with Gasteiger partial charge in [0.25, 0.3) is 5.91 Å². The van der Waals surface area contributed by atoms with Crippen LogP contribution in [0.25, 0.3) is 0 Å². The van der Waals surface area contributed by atoms with Gasteiger partial charge in [0.1, 0.15) is 0 Å². The molecule has 23 heavy (non-hydrogen) atoms. The van der Waals surface area contributed by atoms with Gasteiger partial charge < -0.3 is 15.1 Å². The summed E-state index contributed by atoms with van der Waals surface area (Å²) < 4.78 is 0. The molecule has 0 saturated carbocycles. The van der Waals surface area contributed by atoms with E-state index in [1.165, 1.54) is 17.7 Å². The molecule has 1 saturated heterocycles. The fourth-order valence-corrected chi connectivity index (χ4v) is 2.99. The van der Waals surface area contributed by atoms with E-state index in [-0.39, 0.29) is 18.4 Å². The predicted octanol–water partition coefficient (Wildman–Crippen LogP) is 1.61. The molecule has 0 spiro atoms. The zero-order chi connectivity index (χ0) is 16.7. The highest BCUT2D eigenvalue weighted by Gasteiger charge is 2.17. The molecule has 126 valence electrons. The van der Waals surface area contributed by atoms with Gasteiger partial charge in [0.05, 0.1) is 6.54 Å². The number of benzene rings is 1. The maximum atomic E-state index is 12.2. The zero-order valence-corrected chi connectivity index (χ0v) is 14.1. The Morgan fingerprint density at radius 1 is 1.30 bits per heavy atom. The molecule has 5 nitrogen and oxygen atoms in total. The summed E-state index contributed by atoms with van der Waals surface area (Å²) in [5.41, 5.74) is 0.602. The number of nitrogens with one attached hydrogen (secondary N) is 1. The van der Waals surface area contributed by atoms with Gasteiger partial charge in [0.15, 0.2) is 0 Å². The largest absolute Gasteiger partial charge is 0.353 e. The second kappa shape index (κ2) is 8.67. The fourth-order valence-electron chi connectivity index (χ4n) is 2.99. The van der Waals surface area contributed by atoms with Gasteiger partial charge in [-0.1, -0.05) is 25.1 Å². The number of carbonyl (C=O) groups is 2. The minimum absolute atomic E-state index is 0.0874. The normalized spacial score (nSPS) is 18.4. The highest BCUT2D eigenvalue weighted by Crippen LogP contribution is 2.14. The molecule has 1 atom stereocenters. The van der Waals surface area contributed by atoms with Crippen molar-refractivity contribution in [2.24, 2.45) is 5.92 Å². The average Bonchev–Trinajstić information content (AvgIpc) is 2.55. The van der Waals surface area contributed by atoms with Crippen molar-refractivity contribution in [2.75, 3.05) is 39.8 Å². The van der Waals surface area contributed by atoms with Gasteiger partial charge in [-0.2, -0.15) is 0 Å². The van der Waals surface area contributed by atoms with Crippen molar-refractivity contribution < 1.29 is 9.59 Å². The zero-order valence-electron chi connectivity index (χ0n) is 14.1. The number of nitrogens with zero attached hydrogens (tertiary/aromatic N) is 2. The summed E-state index contributed by atoms with van der Waals surface area (Å²) in [7, 11) is 1.65. The third kappa shape index (κ3) is 5.67. The molecule has 1 unspecified atom stereocenters. The highest BCUT2D eigenvalue weighted by molar-refractivity contribution is 5.96. The molecule has 1 N–H and O–H groups in total. The van der Waals surface area contributed by atoms with Gasteiger partial charge in [-0.05, 0) is 37.4 Å². The fraction of sp³-hybridized carbons (Fsp3) is 0.556. The first-order valence-electron chi connectivity index (χ1n) is 8.36. The smallest absolute Gasteiger partial charge is 0.254 e. The molecular weight excluding hydrogens is 290 g/mol. The van der Waals surface area contributed by atoms with Gasteiger partial charge in [-0.25, -0.2) is 0 Å². The lowest BCUT2D eigenvalue weighted by atomic mass is 10.0. The van der Waals surface area contributed by atoms with Crippen molar-refractivity contribution in [3.63, 3.8) is 0 Å². The molecule has 1 aliphatic rings. The van der Waals surface area contributed by atoms with Gasteiger partial charge in [0.2, 0.25) is 5.91 Å². The lowest BCUT2D eigenvalue weighted by molar-refractivity contribution is -0.121. The van der Waals surface area contributed by atoms with Gasteiger partial charge in [-0.3, -0.25) is 9.59 Å². The molecule has 0 aliphatic carbocycles.